The number of carbonyl (C=O) groups is 1. The average molecular weight is 339 g/mol. The third-order valence-electron chi connectivity index (χ3n) is 2.65. The van der Waals surface area contributed by atoms with Crippen molar-refractivity contribution in [3.05, 3.63) is 62.6 Å². The first kappa shape index (κ1) is 14.1. The molecular formula is C15H13BrClNO. The molecular weight excluding hydrogens is 326 g/mol. The number of anilines is 1. The van der Waals surface area contributed by atoms with Crippen molar-refractivity contribution in [3.8, 4) is 0 Å². The molecule has 0 atom stereocenters. The fourth-order valence-electron chi connectivity index (χ4n) is 1.92. The molecule has 0 spiro atoms. The van der Waals surface area contributed by atoms with Crippen LogP contribution in [0.15, 0.2) is 40.9 Å². The topological polar surface area (TPSA) is 29.1 Å². The minimum atomic E-state index is -0.212. The Morgan fingerprint density at radius 2 is 1.74 bits per heavy atom. The molecule has 4 heteroatoms. The molecule has 0 fully saturated rings. The standard InChI is InChI=1S/C15H13BrClNO/c1-9-5-10(2)7-12(6-9)18-15(19)13-8-11(16)3-4-14(13)17/h3-8H,1-2H3,(H,18,19). The number of hydrogen-bond donors (Lipinski definition) is 1. The number of benzene rings is 2. The monoisotopic (exact) mass is 337 g/mol. The van der Waals surface area contributed by atoms with Crippen LogP contribution in [0.5, 0.6) is 0 Å². The second-order valence-electron chi connectivity index (χ2n) is 4.45. The van der Waals surface area contributed by atoms with Gasteiger partial charge in [-0.25, -0.2) is 0 Å². The Morgan fingerprint density at radius 3 is 2.37 bits per heavy atom. The van der Waals surface area contributed by atoms with Crippen LogP contribution in [0.2, 0.25) is 5.02 Å². The quantitative estimate of drug-likeness (QED) is 0.823. The van der Waals surface area contributed by atoms with E-state index in [4.69, 9.17) is 11.6 Å². The van der Waals surface area contributed by atoms with Gasteiger partial charge in [0.15, 0.2) is 0 Å². The van der Waals surface area contributed by atoms with Crippen molar-refractivity contribution < 1.29 is 4.79 Å². The molecule has 98 valence electrons. The van der Waals surface area contributed by atoms with Gasteiger partial charge in [0.2, 0.25) is 0 Å². The summed E-state index contributed by atoms with van der Waals surface area (Å²) in [7, 11) is 0. The van der Waals surface area contributed by atoms with Crippen LogP contribution < -0.4 is 5.32 Å². The van der Waals surface area contributed by atoms with Crippen LogP contribution in [0.1, 0.15) is 21.5 Å². The minimum absolute atomic E-state index is 0.212. The third kappa shape index (κ3) is 3.58. The number of amides is 1. The number of halogens is 2. The highest BCUT2D eigenvalue weighted by Gasteiger charge is 2.11. The Balaban J connectivity index is 2.28. The Labute approximate surface area is 125 Å². The predicted molar refractivity (Wildman–Crippen MR) is 83.0 cm³/mol. The van der Waals surface area contributed by atoms with Crippen LogP contribution in [0.3, 0.4) is 0 Å². The van der Waals surface area contributed by atoms with E-state index in [1.165, 1.54) is 0 Å². The van der Waals surface area contributed by atoms with Gasteiger partial charge in [-0.05, 0) is 55.3 Å². The molecule has 0 radical (unpaired) electrons. The van der Waals surface area contributed by atoms with Crippen molar-refractivity contribution in [3.63, 3.8) is 0 Å². The van der Waals surface area contributed by atoms with Gasteiger partial charge < -0.3 is 5.32 Å². The zero-order valence-corrected chi connectivity index (χ0v) is 13.0. The largest absolute Gasteiger partial charge is 0.322 e. The molecule has 0 heterocycles. The first-order valence-electron chi connectivity index (χ1n) is 5.80. The zero-order chi connectivity index (χ0) is 14.0. The molecule has 0 saturated heterocycles. The molecule has 1 amide bonds. The van der Waals surface area contributed by atoms with Gasteiger partial charge >= 0.3 is 0 Å². The SMILES string of the molecule is Cc1cc(C)cc(NC(=O)c2cc(Br)ccc2Cl)c1. The average Bonchev–Trinajstić information content (AvgIpc) is 2.30. The maximum atomic E-state index is 12.2. The van der Waals surface area contributed by atoms with Crippen molar-refractivity contribution in [1.29, 1.82) is 0 Å². The maximum absolute atomic E-state index is 12.2. The lowest BCUT2D eigenvalue weighted by atomic mass is 10.1. The van der Waals surface area contributed by atoms with E-state index in [9.17, 15) is 4.79 Å². The van der Waals surface area contributed by atoms with Gasteiger partial charge in [-0.1, -0.05) is 33.6 Å². The molecule has 0 aliphatic rings. The predicted octanol–water partition coefficient (Wildman–Crippen LogP) is 4.97. The Bertz CT molecular complexity index is 620. The summed E-state index contributed by atoms with van der Waals surface area (Å²) in [5.41, 5.74) is 3.44. The van der Waals surface area contributed by atoms with Gasteiger partial charge in [0.1, 0.15) is 0 Å². The molecule has 2 rings (SSSR count). The highest BCUT2D eigenvalue weighted by atomic mass is 79.9. The fourth-order valence-corrected chi connectivity index (χ4v) is 2.48. The highest BCUT2D eigenvalue weighted by Crippen LogP contribution is 2.22. The number of nitrogens with one attached hydrogen (secondary N) is 1. The summed E-state index contributed by atoms with van der Waals surface area (Å²) in [5, 5.41) is 3.30. The summed E-state index contributed by atoms with van der Waals surface area (Å²) in [6.45, 7) is 3.99. The van der Waals surface area contributed by atoms with Crippen LogP contribution in [-0.2, 0) is 0 Å². The van der Waals surface area contributed by atoms with Crippen molar-refractivity contribution in [2.75, 3.05) is 5.32 Å². The lowest BCUT2D eigenvalue weighted by Crippen LogP contribution is -2.12. The summed E-state index contributed by atoms with van der Waals surface area (Å²) in [5.74, 6) is -0.212. The van der Waals surface area contributed by atoms with Crippen molar-refractivity contribution in [1.82, 2.24) is 0 Å². The highest BCUT2D eigenvalue weighted by molar-refractivity contribution is 9.10. The smallest absolute Gasteiger partial charge is 0.257 e. The van der Waals surface area contributed by atoms with Crippen molar-refractivity contribution >= 4 is 39.1 Å². The first-order valence-corrected chi connectivity index (χ1v) is 6.97. The molecule has 2 aromatic rings. The van der Waals surface area contributed by atoms with E-state index in [-0.39, 0.29) is 5.91 Å². The second-order valence-corrected chi connectivity index (χ2v) is 5.78. The van der Waals surface area contributed by atoms with Crippen molar-refractivity contribution in [2.45, 2.75) is 13.8 Å². The van der Waals surface area contributed by atoms with Crippen LogP contribution in [0, 0.1) is 13.8 Å². The molecule has 2 aromatic carbocycles. The Hall–Kier alpha value is -1.32. The van der Waals surface area contributed by atoms with E-state index in [1.807, 2.05) is 26.0 Å². The van der Waals surface area contributed by atoms with E-state index in [0.717, 1.165) is 21.3 Å². The van der Waals surface area contributed by atoms with Gasteiger partial charge in [-0.3, -0.25) is 4.79 Å². The van der Waals surface area contributed by atoms with E-state index in [0.29, 0.717) is 10.6 Å². The maximum Gasteiger partial charge on any atom is 0.257 e. The van der Waals surface area contributed by atoms with Crippen LogP contribution in [0.25, 0.3) is 0 Å². The van der Waals surface area contributed by atoms with Gasteiger partial charge in [0.25, 0.3) is 5.91 Å². The molecule has 0 aliphatic carbocycles. The fraction of sp³-hybridized carbons (Fsp3) is 0.133. The second kappa shape index (κ2) is 5.76. The van der Waals surface area contributed by atoms with Crippen LogP contribution in [0.4, 0.5) is 5.69 Å². The lowest BCUT2D eigenvalue weighted by Gasteiger charge is -2.09. The molecule has 0 aliphatic heterocycles. The van der Waals surface area contributed by atoms with E-state index in [1.54, 1.807) is 18.2 Å². The normalized spacial score (nSPS) is 10.3. The van der Waals surface area contributed by atoms with E-state index < -0.39 is 0 Å². The lowest BCUT2D eigenvalue weighted by molar-refractivity contribution is 0.102. The Kier molecular flexibility index (Phi) is 4.27. The van der Waals surface area contributed by atoms with Gasteiger partial charge in [-0.15, -0.1) is 0 Å². The Morgan fingerprint density at radius 1 is 1.11 bits per heavy atom. The molecule has 0 saturated carbocycles. The molecule has 0 bridgehead atoms. The van der Waals surface area contributed by atoms with Crippen LogP contribution in [-0.4, -0.2) is 5.91 Å². The minimum Gasteiger partial charge on any atom is -0.322 e. The summed E-state index contributed by atoms with van der Waals surface area (Å²) < 4.78 is 0.822. The van der Waals surface area contributed by atoms with Gasteiger partial charge in [0, 0.05) is 10.2 Å². The summed E-state index contributed by atoms with van der Waals surface area (Å²) in [4.78, 5) is 12.2. The number of rotatable bonds is 2. The van der Waals surface area contributed by atoms with Gasteiger partial charge in [0.05, 0.1) is 10.6 Å². The van der Waals surface area contributed by atoms with Gasteiger partial charge in [-0.2, -0.15) is 0 Å². The van der Waals surface area contributed by atoms with E-state index in [2.05, 4.69) is 27.3 Å². The summed E-state index contributed by atoms with van der Waals surface area (Å²) in [6, 6.07) is 11.1. The first-order chi connectivity index (χ1) is 8.95. The number of hydrogen-bond acceptors (Lipinski definition) is 1. The van der Waals surface area contributed by atoms with Crippen molar-refractivity contribution in [2.24, 2.45) is 0 Å². The molecule has 0 aromatic heterocycles. The zero-order valence-electron chi connectivity index (χ0n) is 10.6. The molecule has 1 N–H and O–H groups in total. The summed E-state index contributed by atoms with van der Waals surface area (Å²) in [6.07, 6.45) is 0. The third-order valence-corrected chi connectivity index (χ3v) is 3.48. The summed E-state index contributed by atoms with van der Waals surface area (Å²) >= 11 is 9.37. The molecule has 19 heavy (non-hydrogen) atoms. The number of carbonyl (C=O) groups excluding carboxylic acids is 1. The number of aryl methyl sites for hydroxylation is 2. The van der Waals surface area contributed by atoms with E-state index >= 15 is 0 Å². The molecule has 0 unspecified atom stereocenters. The molecule has 2 nitrogen and oxygen atoms in total. The van der Waals surface area contributed by atoms with Crippen LogP contribution >= 0.6 is 27.5 Å².